The van der Waals surface area contributed by atoms with Crippen molar-refractivity contribution in [3.05, 3.63) is 23.8 Å². The lowest BCUT2D eigenvalue weighted by Crippen LogP contribution is -2.56. The normalized spacial score (nSPS) is 37.9. The molecule has 154 valence electrons. The van der Waals surface area contributed by atoms with Gasteiger partial charge in [-0.15, -0.1) is 0 Å². The van der Waals surface area contributed by atoms with Crippen LogP contribution in [0.3, 0.4) is 0 Å². The molecule has 5 heteroatoms. The zero-order valence-corrected chi connectivity index (χ0v) is 17.5. The molecule has 0 aromatic carbocycles. The van der Waals surface area contributed by atoms with Crippen molar-refractivity contribution in [1.29, 1.82) is 0 Å². The largest absolute Gasteiger partial charge is 0.457 e. The Labute approximate surface area is 163 Å². The first kappa shape index (κ1) is 22.1. The third kappa shape index (κ3) is 5.43. The number of aliphatic hydroxyl groups excluding tert-OH is 1. The molecule has 1 fully saturated rings. The van der Waals surface area contributed by atoms with Crippen molar-refractivity contribution in [2.75, 3.05) is 6.61 Å². The van der Waals surface area contributed by atoms with E-state index < -0.39 is 16.8 Å². The third-order valence-electron chi connectivity index (χ3n) is 6.15. The summed E-state index contributed by atoms with van der Waals surface area (Å²) in [5.74, 6) is -0.0922. The molecule has 0 saturated carbocycles. The minimum Gasteiger partial charge on any atom is -0.457 e. The van der Waals surface area contributed by atoms with Crippen LogP contribution in [-0.2, 0) is 14.3 Å². The van der Waals surface area contributed by atoms with Crippen LogP contribution in [-0.4, -0.2) is 45.7 Å². The molecule has 2 heterocycles. The number of hydrogen-bond acceptors (Lipinski definition) is 5. The summed E-state index contributed by atoms with van der Waals surface area (Å²) in [5, 5.41) is 20.4. The summed E-state index contributed by atoms with van der Waals surface area (Å²) in [6.07, 6.45) is 9.67. The number of fused-ring (bicyclic) bond motifs is 2. The molecule has 2 aliphatic heterocycles. The molecule has 2 rings (SSSR count). The summed E-state index contributed by atoms with van der Waals surface area (Å²) in [5.41, 5.74) is -1.19. The maximum absolute atomic E-state index is 11.7. The van der Waals surface area contributed by atoms with Crippen LogP contribution in [0.25, 0.3) is 0 Å². The fourth-order valence-corrected chi connectivity index (χ4v) is 4.14. The molecule has 27 heavy (non-hydrogen) atoms. The van der Waals surface area contributed by atoms with E-state index in [1.54, 1.807) is 6.92 Å². The van der Waals surface area contributed by atoms with Crippen molar-refractivity contribution in [2.24, 2.45) is 5.92 Å². The maximum Gasteiger partial charge on any atom is 0.303 e. The molecule has 1 saturated heterocycles. The summed E-state index contributed by atoms with van der Waals surface area (Å²) >= 11 is 0. The Morgan fingerprint density at radius 1 is 1.30 bits per heavy atom. The predicted octanol–water partition coefficient (Wildman–Crippen LogP) is 3.68. The lowest BCUT2D eigenvalue weighted by Gasteiger charge is -2.50. The number of carbonyl (C=O) groups excluding carboxylic acids is 1. The van der Waals surface area contributed by atoms with Crippen molar-refractivity contribution in [3.63, 3.8) is 0 Å². The molecule has 0 amide bonds. The van der Waals surface area contributed by atoms with E-state index in [-0.39, 0.29) is 24.6 Å². The molecular weight excluding hydrogens is 344 g/mol. The van der Waals surface area contributed by atoms with E-state index in [0.717, 1.165) is 12.0 Å². The smallest absolute Gasteiger partial charge is 0.303 e. The van der Waals surface area contributed by atoms with Crippen LogP contribution in [0.5, 0.6) is 0 Å². The minimum absolute atomic E-state index is 0.00962. The summed E-state index contributed by atoms with van der Waals surface area (Å²) in [6, 6.07) is 0. The molecule has 4 atom stereocenters. The second-order valence-electron chi connectivity index (χ2n) is 8.91. The zero-order chi connectivity index (χ0) is 20.3. The van der Waals surface area contributed by atoms with E-state index in [1.165, 1.54) is 6.92 Å². The Morgan fingerprint density at radius 2 is 2.00 bits per heavy atom. The number of ether oxygens (including phenoxy) is 2. The molecule has 5 nitrogen and oxygen atoms in total. The highest BCUT2D eigenvalue weighted by Gasteiger charge is 2.50. The van der Waals surface area contributed by atoms with Gasteiger partial charge < -0.3 is 19.7 Å². The van der Waals surface area contributed by atoms with Crippen LogP contribution in [0.1, 0.15) is 73.1 Å². The molecule has 2 aliphatic rings. The highest BCUT2D eigenvalue weighted by molar-refractivity contribution is 5.66. The highest BCUT2D eigenvalue weighted by atomic mass is 16.6. The monoisotopic (exact) mass is 380 g/mol. The molecule has 0 aliphatic carbocycles. The Kier molecular flexibility index (Phi) is 6.93. The van der Waals surface area contributed by atoms with E-state index in [9.17, 15) is 15.0 Å². The summed E-state index contributed by atoms with van der Waals surface area (Å²) in [6.45, 7) is 9.41. The van der Waals surface area contributed by atoms with Gasteiger partial charge in [-0.2, -0.15) is 0 Å². The lowest BCUT2D eigenvalue weighted by atomic mass is 9.75. The van der Waals surface area contributed by atoms with Crippen LogP contribution < -0.4 is 0 Å². The predicted molar refractivity (Wildman–Crippen MR) is 105 cm³/mol. The minimum atomic E-state index is -0.937. The number of aliphatic hydroxyl groups is 2. The fraction of sp³-hybridized carbons (Fsp3) is 0.773. The number of carbonyl (C=O) groups is 1. The van der Waals surface area contributed by atoms with Crippen molar-refractivity contribution in [2.45, 2.75) is 96.1 Å². The molecule has 0 radical (unpaired) electrons. The standard InChI is InChI=1S/C22H36O5/c1-16(2)22-13-11-20(4,25)10-6-7-18(15-23)8-9-19(27-22)21(5,12-14-22)26-17(3)24/h7,11,13,16,19,23,25H,6,8-10,12,14-15H2,1-5H3. The van der Waals surface area contributed by atoms with Crippen molar-refractivity contribution >= 4 is 5.97 Å². The van der Waals surface area contributed by atoms with E-state index in [2.05, 4.69) is 13.8 Å². The van der Waals surface area contributed by atoms with Crippen molar-refractivity contribution in [3.8, 4) is 0 Å². The van der Waals surface area contributed by atoms with Gasteiger partial charge in [0, 0.05) is 6.92 Å². The van der Waals surface area contributed by atoms with E-state index in [4.69, 9.17) is 9.47 Å². The lowest BCUT2D eigenvalue weighted by molar-refractivity contribution is -0.226. The second kappa shape index (κ2) is 8.46. The molecule has 4 unspecified atom stereocenters. The first-order valence-corrected chi connectivity index (χ1v) is 10.1. The van der Waals surface area contributed by atoms with Gasteiger partial charge in [-0.25, -0.2) is 0 Å². The van der Waals surface area contributed by atoms with Gasteiger partial charge in [0.2, 0.25) is 0 Å². The van der Waals surface area contributed by atoms with Crippen LogP contribution in [0.15, 0.2) is 23.8 Å². The first-order valence-electron chi connectivity index (χ1n) is 10.1. The maximum atomic E-state index is 11.7. The van der Waals surface area contributed by atoms with Gasteiger partial charge in [-0.1, -0.05) is 32.1 Å². The quantitative estimate of drug-likeness (QED) is 0.577. The molecule has 2 N–H and O–H groups in total. The number of rotatable bonds is 3. The van der Waals surface area contributed by atoms with E-state index in [0.29, 0.717) is 32.1 Å². The second-order valence-corrected chi connectivity index (χ2v) is 8.91. The number of hydrogen-bond donors (Lipinski definition) is 2. The number of esters is 1. The average Bonchev–Trinajstić information content (AvgIpc) is 2.56. The fourth-order valence-electron chi connectivity index (χ4n) is 4.14. The molecule has 0 aromatic heterocycles. The van der Waals surface area contributed by atoms with Gasteiger partial charge in [0.05, 0.1) is 23.9 Å². The van der Waals surface area contributed by atoms with Crippen molar-refractivity contribution in [1.82, 2.24) is 0 Å². The van der Waals surface area contributed by atoms with Gasteiger partial charge in [0.15, 0.2) is 0 Å². The number of allylic oxidation sites excluding steroid dienone is 1. The molecular formula is C22H36O5. The Bertz CT molecular complexity index is 592. The molecule has 2 bridgehead atoms. The van der Waals surface area contributed by atoms with Gasteiger partial charge >= 0.3 is 5.97 Å². The van der Waals surface area contributed by atoms with Crippen LogP contribution in [0.2, 0.25) is 0 Å². The topological polar surface area (TPSA) is 76.0 Å². The Balaban J connectivity index is 2.43. The van der Waals surface area contributed by atoms with Crippen LogP contribution in [0, 0.1) is 5.92 Å². The third-order valence-corrected chi connectivity index (χ3v) is 6.15. The van der Waals surface area contributed by atoms with Gasteiger partial charge in [-0.05, 0) is 63.9 Å². The molecule has 0 spiro atoms. The van der Waals surface area contributed by atoms with E-state index in [1.807, 2.05) is 25.2 Å². The van der Waals surface area contributed by atoms with Crippen LogP contribution >= 0.6 is 0 Å². The van der Waals surface area contributed by atoms with Gasteiger partial charge in [-0.3, -0.25) is 4.79 Å². The Hall–Kier alpha value is -1.17. The summed E-state index contributed by atoms with van der Waals surface area (Å²) in [7, 11) is 0. The SMILES string of the molecule is CC(=O)OC1(C)CCC2(C(C)C)C=CC(C)(O)CCC=C(CO)CCC1O2. The van der Waals surface area contributed by atoms with Gasteiger partial charge in [0.25, 0.3) is 0 Å². The first-order chi connectivity index (χ1) is 12.5. The average molecular weight is 381 g/mol. The highest BCUT2D eigenvalue weighted by Crippen LogP contribution is 2.44. The Morgan fingerprint density at radius 3 is 2.59 bits per heavy atom. The van der Waals surface area contributed by atoms with Crippen LogP contribution in [0.4, 0.5) is 0 Å². The van der Waals surface area contributed by atoms with Crippen molar-refractivity contribution < 1.29 is 24.5 Å². The van der Waals surface area contributed by atoms with E-state index >= 15 is 0 Å². The summed E-state index contributed by atoms with van der Waals surface area (Å²) in [4.78, 5) is 11.7. The van der Waals surface area contributed by atoms with Gasteiger partial charge in [0.1, 0.15) is 5.60 Å². The zero-order valence-electron chi connectivity index (χ0n) is 17.5. The summed E-state index contributed by atoms with van der Waals surface area (Å²) < 4.78 is 12.3. The molecule has 0 aromatic rings.